The van der Waals surface area contributed by atoms with Gasteiger partial charge in [-0.3, -0.25) is 0 Å². The number of carboxylic acids is 1. The van der Waals surface area contributed by atoms with Gasteiger partial charge in [0.25, 0.3) is 0 Å². The van der Waals surface area contributed by atoms with Crippen molar-refractivity contribution in [2.75, 3.05) is 7.11 Å². The number of carboxylic acid groups (broad SMARTS) is 1. The first-order valence-electron chi connectivity index (χ1n) is 5.86. The largest absolute Gasteiger partial charge is 0.496 e. The van der Waals surface area contributed by atoms with Gasteiger partial charge in [0.05, 0.1) is 7.11 Å². The van der Waals surface area contributed by atoms with Crippen molar-refractivity contribution in [3.63, 3.8) is 0 Å². The normalized spacial score (nSPS) is 12.4. The molecule has 0 aliphatic rings. The molecule has 0 unspecified atom stereocenters. The number of carbonyl (C=O) groups is 1. The van der Waals surface area contributed by atoms with Crippen LogP contribution in [0.25, 0.3) is 6.08 Å². The Bertz CT molecular complexity index is 479. The first-order chi connectivity index (χ1) is 8.25. The highest BCUT2D eigenvalue weighted by molar-refractivity contribution is 5.91. The van der Waals surface area contributed by atoms with E-state index in [4.69, 9.17) is 9.84 Å². The highest BCUT2D eigenvalue weighted by Crippen LogP contribution is 2.32. The molecule has 0 atom stereocenters. The Balaban J connectivity index is 3.28. The second-order valence-electron chi connectivity index (χ2n) is 5.34. The van der Waals surface area contributed by atoms with E-state index in [9.17, 15) is 4.79 Å². The van der Waals surface area contributed by atoms with Gasteiger partial charge in [-0.05, 0) is 36.1 Å². The van der Waals surface area contributed by atoms with Crippen molar-refractivity contribution in [2.45, 2.75) is 33.1 Å². The van der Waals surface area contributed by atoms with E-state index in [1.807, 2.05) is 18.2 Å². The second kappa shape index (κ2) is 5.25. The minimum Gasteiger partial charge on any atom is -0.496 e. The third-order valence-corrected chi connectivity index (χ3v) is 2.75. The zero-order valence-corrected chi connectivity index (χ0v) is 11.6. The van der Waals surface area contributed by atoms with Gasteiger partial charge < -0.3 is 9.84 Å². The van der Waals surface area contributed by atoms with Gasteiger partial charge in [0.15, 0.2) is 0 Å². The van der Waals surface area contributed by atoms with Crippen LogP contribution in [0.15, 0.2) is 23.8 Å². The Morgan fingerprint density at radius 3 is 2.39 bits per heavy atom. The maximum absolute atomic E-state index is 10.8. The Kier molecular flexibility index (Phi) is 4.17. The van der Waals surface area contributed by atoms with Crippen LogP contribution < -0.4 is 4.74 Å². The maximum Gasteiger partial charge on any atom is 0.331 e. The van der Waals surface area contributed by atoms with E-state index in [-0.39, 0.29) is 5.41 Å². The molecule has 1 rings (SSSR count). The molecule has 3 heteroatoms. The van der Waals surface area contributed by atoms with Crippen molar-refractivity contribution in [1.29, 1.82) is 0 Å². The van der Waals surface area contributed by atoms with Gasteiger partial charge in [-0.25, -0.2) is 4.79 Å². The standard InChI is InChI=1S/C15H20O3/c1-10(14(16)17)8-11-6-7-13(18-5)12(9-11)15(2,3)4/h6-9H,1-5H3,(H,16,17)/b10-8+. The Labute approximate surface area is 108 Å². The zero-order chi connectivity index (χ0) is 13.9. The number of benzene rings is 1. The monoisotopic (exact) mass is 248 g/mol. The lowest BCUT2D eigenvalue weighted by Crippen LogP contribution is -2.13. The molecule has 1 aromatic rings. The number of hydrogen-bond acceptors (Lipinski definition) is 2. The highest BCUT2D eigenvalue weighted by Gasteiger charge is 2.19. The SMILES string of the molecule is COc1ccc(/C=C(\C)C(=O)O)cc1C(C)(C)C. The molecule has 1 aromatic carbocycles. The van der Waals surface area contributed by atoms with E-state index in [0.29, 0.717) is 5.57 Å². The predicted octanol–water partition coefficient (Wildman–Crippen LogP) is 3.48. The average molecular weight is 248 g/mol. The van der Waals surface area contributed by atoms with Gasteiger partial charge in [0, 0.05) is 11.1 Å². The summed E-state index contributed by atoms with van der Waals surface area (Å²) in [5, 5.41) is 8.88. The van der Waals surface area contributed by atoms with Gasteiger partial charge in [-0.1, -0.05) is 26.8 Å². The summed E-state index contributed by atoms with van der Waals surface area (Å²) in [5.74, 6) is -0.0734. The lowest BCUT2D eigenvalue weighted by molar-refractivity contribution is -0.132. The van der Waals surface area contributed by atoms with Crippen LogP contribution in [0.2, 0.25) is 0 Å². The van der Waals surface area contributed by atoms with Crippen molar-refractivity contribution < 1.29 is 14.6 Å². The molecule has 3 nitrogen and oxygen atoms in total. The molecule has 0 heterocycles. The number of ether oxygens (including phenoxy) is 1. The van der Waals surface area contributed by atoms with Crippen LogP contribution in [0.5, 0.6) is 5.75 Å². The fourth-order valence-electron chi connectivity index (χ4n) is 1.71. The number of hydrogen-bond donors (Lipinski definition) is 1. The summed E-state index contributed by atoms with van der Waals surface area (Å²) >= 11 is 0. The van der Waals surface area contributed by atoms with Crippen molar-refractivity contribution >= 4 is 12.0 Å². The van der Waals surface area contributed by atoms with Gasteiger partial charge in [-0.15, -0.1) is 0 Å². The van der Waals surface area contributed by atoms with Crippen molar-refractivity contribution in [3.05, 3.63) is 34.9 Å². The smallest absolute Gasteiger partial charge is 0.331 e. The minimum absolute atomic E-state index is 0.0493. The summed E-state index contributed by atoms with van der Waals surface area (Å²) in [6.45, 7) is 7.89. The molecule has 0 spiro atoms. The van der Waals surface area contributed by atoms with Crippen molar-refractivity contribution in [1.82, 2.24) is 0 Å². The molecular weight excluding hydrogens is 228 g/mol. The molecular formula is C15H20O3. The van der Waals surface area contributed by atoms with Crippen LogP contribution in [0.1, 0.15) is 38.8 Å². The van der Waals surface area contributed by atoms with Crippen LogP contribution in [0.4, 0.5) is 0 Å². The van der Waals surface area contributed by atoms with Crippen LogP contribution in [-0.4, -0.2) is 18.2 Å². The quantitative estimate of drug-likeness (QED) is 0.833. The summed E-state index contributed by atoms with van der Waals surface area (Å²) in [6, 6.07) is 5.72. The fourth-order valence-corrected chi connectivity index (χ4v) is 1.71. The topological polar surface area (TPSA) is 46.5 Å². The lowest BCUT2D eigenvalue weighted by atomic mass is 9.85. The third-order valence-electron chi connectivity index (χ3n) is 2.75. The summed E-state index contributed by atoms with van der Waals surface area (Å²) in [5.41, 5.74) is 2.21. The third kappa shape index (κ3) is 3.36. The first-order valence-corrected chi connectivity index (χ1v) is 5.86. The molecule has 0 saturated carbocycles. The van der Waals surface area contributed by atoms with Crippen LogP contribution in [0.3, 0.4) is 0 Å². The number of aliphatic carboxylic acids is 1. The predicted molar refractivity (Wildman–Crippen MR) is 73.0 cm³/mol. The van der Waals surface area contributed by atoms with Gasteiger partial charge in [0.2, 0.25) is 0 Å². The van der Waals surface area contributed by atoms with Gasteiger partial charge in [-0.2, -0.15) is 0 Å². The van der Waals surface area contributed by atoms with Crippen LogP contribution in [-0.2, 0) is 10.2 Å². The number of rotatable bonds is 3. The molecule has 0 aromatic heterocycles. The zero-order valence-electron chi connectivity index (χ0n) is 11.6. The Morgan fingerprint density at radius 2 is 1.94 bits per heavy atom. The van der Waals surface area contributed by atoms with E-state index in [1.165, 1.54) is 0 Å². The molecule has 0 aliphatic carbocycles. The molecule has 0 amide bonds. The summed E-state index contributed by atoms with van der Waals surface area (Å²) in [4.78, 5) is 10.8. The molecule has 0 radical (unpaired) electrons. The summed E-state index contributed by atoms with van der Waals surface area (Å²) < 4.78 is 5.34. The molecule has 0 aliphatic heterocycles. The summed E-state index contributed by atoms with van der Waals surface area (Å²) in [7, 11) is 1.64. The van der Waals surface area contributed by atoms with Crippen LogP contribution >= 0.6 is 0 Å². The molecule has 0 bridgehead atoms. The molecule has 0 saturated heterocycles. The van der Waals surface area contributed by atoms with Crippen molar-refractivity contribution in [2.24, 2.45) is 0 Å². The van der Waals surface area contributed by atoms with E-state index in [0.717, 1.165) is 16.9 Å². The molecule has 98 valence electrons. The number of methoxy groups -OCH3 is 1. The summed E-state index contributed by atoms with van der Waals surface area (Å²) in [6.07, 6.45) is 1.66. The lowest BCUT2D eigenvalue weighted by Gasteiger charge is -2.22. The Morgan fingerprint density at radius 1 is 1.33 bits per heavy atom. The van der Waals surface area contributed by atoms with Gasteiger partial charge >= 0.3 is 5.97 Å². The Hall–Kier alpha value is -1.77. The van der Waals surface area contributed by atoms with E-state index >= 15 is 0 Å². The van der Waals surface area contributed by atoms with Crippen molar-refractivity contribution in [3.8, 4) is 5.75 Å². The average Bonchev–Trinajstić information content (AvgIpc) is 2.27. The first kappa shape index (κ1) is 14.3. The fraction of sp³-hybridized carbons (Fsp3) is 0.400. The maximum atomic E-state index is 10.8. The highest BCUT2D eigenvalue weighted by atomic mass is 16.5. The minimum atomic E-state index is -0.900. The van der Waals surface area contributed by atoms with Gasteiger partial charge in [0.1, 0.15) is 5.75 Å². The molecule has 0 fully saturated rings. The van der Waals surface area contributed by atoms with E-state index in [1.54, 1.807) is 20.1 Å². The second-order valence-corrected chi connectivity index (χ2v) is 5.34. The van der Waals surface area contributed by atoms with E-state index < -0.39 is 5.97 Å². The molecule has 1 N–H and O–H groups in total. The van der Waals surface area contributed by atoms with E-state index in [2.05, 4.69) is 20.8 Å². The van der Waals surface area contributed by atoms with Crippen LogP contribution in [0, 0.1) is 0 Å². The molecule has 18 heavy (non-hydrogen) atoms.